The molecule has 0 fully saturated rings. The Kier molecular flexibility index (Phi) is 58.9. The van der Waals surface area contributed by atoms with E-state index in [2.05, 4.69) is 136 Å². The number of allylic oxidation sites excluding steroid dienone is 20. The third-order valence-corrected chi connectivity index (χ3v) is 12.9. The van der Waals surface area contributed by atoms with Crippen molar-refractivity contribution in [2.75, 3.05) is 13.2 Å². The van der Waals surface area contributed by atoms with Gasteiger partial charge in [0.1, 0.15) is 13.2 Å². The summed E-state index contributed by atoms with van der Waals surface area (Å²) in [6.07, 6.45) is 86.4. The fraction of sp³-hybridized carbons (Fsp3) is 0.667. The second-order valence-corrected chi connectivity index (χ2v) is 20.2. The molecule has 6 heteroatoms. The van der Waals surface area contributed by atoms with E-state index in [4.69, 9.17) is 14.2 Å². The van der Waals surface area contributed by atoms with Crippen LogP contribution in [0.2, 0.25) is 0 Å². The number of ether oxygens (including phenoxy) is 3. The Labute approximate surface area is 462 Å². The molecule has 0 aromatic rings. The summed E-state index contributed by atoms with van der Waals surface area (Å²) in [5.41, 5.74) is 0. The van der Waals surface area contributed by atoms with Gasteiger partial charge in [-0.25, -0.2) is 0 Å². The van der Waals surface area contributed by atoms with Crippen molar-refractivity contribution in [2.24, 2.45) is 0 Å². The maximum atomic E-state index is 12.8. The van der Waals surface area contributed by atoms with Crippen LogP contribution in [0.5, 0.6) is 0 Å². The van der Waals surface area contributed by atoms with Crippen LogP contribution in [0.25, 0.3) is 0 Å². The lowest BCUT2D eigenvalue weighted by Gasteiger charge is -2.18. The first-order valence-corrected chi connectivity index (χ1v) is 31.0. The number of hydrogen-bond acceptors (Lipinski definition) is 6. The lowest BCUT2D eigenvalue weighted by Crippen LogP contribution is -2.30. The SMILES string of the molecule is CC/C=C\C/C=C\C/C=C\C/C=C\C/C=C\C/C=C\CCC(=O)OC(COC(=O)CCCCCCC/C=C\CCCCCC)COC(=O)CCCCCCCCCCCC/C=C\C/C=C\C/C=C\CCCCCCC. The zero-order valence-electron chi connectivity index (χ0n) is 48.8. The van der Waals surface area contributed by atoms with Crippen molar-refractivity contribution in [3.8, 4) is 0 Å². The predicted octanol–water partition coefficient (Wildman–Crippen LogP) is 21.2. The second kappa shape index (κ2) is 62.4. The smallest absolute Gasteiger partial charge is 0.306 e. The van der Waals surface area contributed by atoms with Crippen molar-refractivity contribution in [2.45, 2.75) is 284 Å². The Morgan fingerprint density at radius 2 is 0.547 bits per heavy atom. The number of esters is 3. The van der Waals surface area contributed by atoms with E-state index in [-0.39, 0.29) is 31.6 Å². The molecule has 0 rings (SSSR count). The maximum absolute atomic E-state index is 12.8. The van der Waals surface area contributed by atoms with Gasteiger partial charge in [-0.3, -0.25) is 14.4 Å². The van der Waals surface area contributed by atoms with Gasteiger partial charge in [0.25, 0.3) is 0 Å². The van der Waals surface area contributed by atoms with E-state index in [1.165, 1.54) is 128 Å². The van der Waals surface area contributed by atoms with Gasteiger partial charge >= 0.3 is 17.9 Å². The molecular weight excluding hydrogens is 925 g/mol. The van der Waals surface area contributed by atoms with E-state index >= 15 is 0 Å². The topological polar surface area (TPSA) is 78.9 Å². The largest absolute Gasteiger partial charge is 0.462 e. The highest BCUT2D eigenvalue weighted by Crippen LogP contribution is 2.14. The fourth-order valence-electron chi connectivity index (χ4n) is 8.29. The normalized spacial score (nSPS) is 12.9. The summed E-state index contributed by atoms with van der Waals surface area (Å²) in [5.74, 6) is -1.01. The molecule has 0 spiro atoms. The zero-order valence-corrected chi connectivity index (χ0v) is 48.8. The van der Waals surface area contributed by atoms with Gasteiger partial charge in [-0.2, -0.15) is 0 Å². The Bertz CT molecular complexity index is 1570. The molecule has 1 atom stereocenters. The van der Waals surface area contributed by atoms with Gasteiger partial charge in [-0.15, -0.1) is 0 Å². The maximum Gasteiger partial charge on any atom is 0.306 e. The third-order valence-electron chi connectivity index (χ3n) is 12.9. The number of rotatable bonds is 55. The molecule has 426 valence electrons. The molecule has 1 unspecified atom stereocenters. The molecule has 0 aliphatic carbocycles. The van der Waals surface area contributed by atoms with E-state index in [0.29, 0.717) is 19.3 Å². The van der Waals surface area contributed by atoms with Crippen LogP contribution in [0.4, 0.5) is 0 Å². The van der Waals surface area contributed by atoms with Crippen molar-refractivity contribution in [3.63, 3.8) is 0 Å². The van der Waals surface area contributed by atoms with E-state index in [9.17, 15) is 14.4 Å². The highest BCUT2D eigenvalue weighted by molar-refractivity contribution is 5.71. The van der Waals surface area contributed by atoms with Gasteiger partial charge in [0, 0.05) is 19.3 Å². The molecule has 0 saturated carbocycles. The summed E-state index contributed by atoms with van der Waals surface area (Å²) in [6, 6.07) is 0. The standard InChI is InChI=1S/C69H114O6/c1-4-7-10-13-16-19-22-25-27-29-31-32-33-34-35-36-38-39-41-44-47-50-53-56-59-62-68(71)74-65-66(64-73-67(70)61-58-55-52-49-46-43-24-21-18-15-12-9-6-3)75-69(72)63-60-57-54-51-48-45-42-40-37-30-28-26-23-20-17-14-11-8-5-2/h8,11,17,20-22,24-26,28-29,31,33-34,37,40,45,48,54,57,66H,4-7,9-10,12-16,18-19,23,27,30,32,35-36,38-39,41-44,46-47,49-53,55-56,58-65H2,1-3H3/b11-8-,20-17-,24-21-,25-22-,28-26-,31-29-,34-33-,40-37-,48-45-,57-54-. The average molecular weight is 1040 g/mol. The second-order valence-electron chi connectivity index (χ2n) is 20.2. The monoisotopic (exact) mass is 1040 g/mol. The fourth-order valence-corrected chi connectivity index (χ4v) is 8.29. The molecule has 0 aliphatic rings. The summed E-state index contributed by atoms with van der Waals surface area (Å²) in [5, 5.41) is 0. The van der Waals surface area contributed by atoms with Gasteiger partial charge in [0.2, 0.25) is 0 Å². The Morgan fingerprint density at radius 1 is 0.280 bits per heavy atom. The van der Waals surface area contributed by atoms with E-state index in [0.717, 1.165) is 103 Å². The van der Waals surface area contributed by atoms with Gasteiger partial charge in [0.15, 0.2) is 6.10 Å². The summed E-state index contributed by atoms with van der Waals surface area (Å²) in [4.78, 5) is 38.2. The minimum Gasteiger partial charge on any atom is -0.462 e. The van der Waals surface area contributed by atoms with Crippen LogP contribution in [-0.2, 0) is 28.6 Å². The summed E-state index contributed by atoms with van der Waals surface area (Å²) < 4.78 is 16.8. The Morgan fingerprint density at radius 3 is 0.893 bits per heavy atom. The molecule has 0 aliphatic heterocycles. The van der Waals surface area contributed by atoms with Crippen molar-refractivity contribution < 1.29 is 28.6 Å². The van der Waals surface area contributed by atoms with E-state index < -0.39 is 12.1 Å². The zero-order chi connectivity index (χ0) is 54.3. The highest BCUT2D eigenvalue weighted by atomic mass is 16.6. The van der Waals surface area contributed by atoms with Crippen LogP contribution in [0.15, 0.2) is 122 Å². The van der Waals surface area contributed by atoms with Gasteiger partial charge in [0.05, 0.1) is 0 Å². The molecule has 6 nitrogen and oxygen atoms in total. The van der Waals surface area contributed by atoms with Crippen LogP contribution >= 0.6 is 0 Å². The first-order valence-electron chi connectivity index (χ1n) is 31.0. The van der Waals surface area contributed by atoms with Crippen LogP contribution in [0, 0.1) is 0 Å². The molecule has 0 bridgehead atoms. The third kappa shape index (κ3) is 60.6. The molecule has 0 saturated heterocycles. The van der Waals surface area contributed by atoms with Gasteiger partial charge in [-0.05, 0) is 122 Å². The number of unbranched alkanes of at least 4 members (excludes halogenated alkanes) is 24. The lowest BCUT2D eigenvalue weighted by atomic mass is 10.1. The molecule has 0 N–H and O–H groups in total. The predicted molar refractivity (Wildman–Crippen MR) is 325 cm³/mol. The Hall–Kier alpha value is -4.19. The number of hydrogen-bond donors (Lipinski definition) is 0. The van der Waals surface area contributed by atoms with Crippen LogP contribution in [0.3, 0.4) is 0 Å². The van der Waals surface area contributed by atoms with E-state index in [1.54, 1.807) is 0 Å². The van der Waals surface area contributed by atoms with Crippen molar-refractivity contribution >= 4 is 17.9 Å². The van der Waals surface area contributed by atoms with Crippen LogP contribution < -0.4 is 0 Å². The van der Waals surface area contributed by atoms with Crippen molar-refractivity contribution in [1.82, 2.24) is 0 Å². The highest BCUT2D eigenvalue weighted by Gasteiger charge is 2.19. The number of carbonyl (C=O) groups excluding carboxylic acids is 3. The molecule has 0 amide bonds. The number of carbonyl (C=O) groups is 3. The van der Waals surface area contributed by atoms with Crippen LogP contribution in [0.1, 0.15) is 278 Å². The molecule has 0 heterocycles. The molecule has 0 radical (unpaired) electrons. The summed E-state index contributed by atoms with van der Waals surface area (Å²) >= 11 is 0. The van der Waals surface area contributed by atoms with Gasteiger partial charge in [-0.1, -0.05) is 258 Å². The lowest BCUT2D eigenvalue weighted by molar-refractivity contribution is -0.166. The molecule has 0 aromatic carbocycles. The molecule has 0 aromatic heterocycles. The quantitative estimate of drug-likeness (QED) is 0.0261. The average Bonchev–Trinajstić information content (AvgIpc) is 3.41. The minimum atomic E-state index is -0.827. The van der Waals surface area contributed by atoms with Crippen LogP contribution in [-0.4, -0.2) is 37.2 Å². The Balaban J connectivity index is 4.44. The molecule has 75 heavy (non-hydrogen) atoms. The minimum absolute atomic E-state index is 0.115. The van der Waals surface area contributed by atoms with E-state index in [1.807, 2.05) is 6.08 Å². The summed E-state index contributed by atoms with van der Waals surface area (Å²) in [6.45, 7) is 6.43. The summed E-state index contributed by atoms with van der Waals surface area (Å²) in [7, 11) is 0. The molecular formula is C69H114O6. The van der Waals surface area contributed by atoms with Crippen molar-refractivity contribution in [3.05, 3.63) is 122 Å². The first kappa shape index (κ1) is 70.8. The van der Waals surface area contributed by atoms with Crippen molar-refractivity contribution in [1.29, 1.82) is 0 Å². The first-order chi connectivity index (χ1) is 37.0. The van der Waals surface area contributed by atoms with Gasteiger partial charge < -0.3 is 14.2 Å².